The van der Waals surface area contributed by atoms with E-state index >= 15 is 0 Å². The number of amides is 3. The number of carbonyl (C=O) groups is 3. The van der Waals surface area contributed by atoms with Gasteiger partial charge in [-0.15, -0.1) is 0 Å². The highest BCUT2D eigenvalue weighted by Gasteiger charge is 2.49. The van der Waals surface area contributed by atoms with Crippen molar-refractivity contribution in [1.29, 1.82) is 0 Å². The van der Waals surface area contributed by atoms with E-state index in [1.165, 1.54) is 38.3 Å². The van der Waals surface area contributed by atoms with Crippen LogP contribution in [0, 0.1) is 0 Å². The molecular formula is C20H18F2N2O5. The van der Waals surface area contributed by atoms with Gasteiger partial charge in [-0.2, -0.15) is 8.78 Å². The Kier molecular flexibility index (Phi) is 5.49. The molecule has 0 aliphatic carbocycles. The highest BCUT2D eigenvalue weighted by molar-refractivity contribution is 6.11. The van der Waals surface area contributed by atoms with Crippen molar-refractivity contribution >= 4 is 17.7 Å². The van der Waals surface area contributed by atoms with Gasteiger partial charge in [0.25, 0.3) is 5.91 Å². The number of ketones is 1. The molecule has 1 saturated heterocycles. The van der Waals surface area contributed by atoms with E-state index in [0.29, 0.717) is 16.9 Å². The molecule has 3 rings (SSSR count). The number of nitrogens with one attached hydrogen (secondary N) is 1. The zero-order valence-corrected chi connectivity index (χ0v) is 15.6. The van der Waals surface area contributed by atoms with Crippen molar-refractivity contribution in [2.45, 2.75) is 19.1 Å². The molecule has 152 valence electrons. The Labute approximate surface area is 165 Å². The van der Waals surface area contributed by atoms with Crippen LogP contribution in [0.25, 0.3) is 0 Å². The molecule has 0 aromatic heterocycles. The van der Waals surface area contributed by atoms with E-state index in [0.717, 1.165) is 4.90 Å². The lowest BCUT2D eigenvalue weighted by Gasteiger charge is -2.22. The molecule has 1 atom stereocenters. The van der Waals surface area contributed by atoms with Crippen molar-refractivity contribution in [3.8, 4) is 11.5 Å². The van der Waals surface area contributed by atoms with Gasteiger partial charge in [-0.25, -0.2) is 4.79 Å². The molecule has 1 aliphatic rings. The van der Waals surface area contributed by atoms with Crippen molar-refractivity contribution in [3.05, 3.63) is 59.7 Å². The number of Topliss-reactive ketones (excluding diaryl/α,β-unsaturated/α-hetero) is 1. The molecule has 3 amide bonds. The average molecular weight is 404 g/mol. The Morgan fingerprint density at radius 2 is 1.66 bits per heavy atom. The Morgan fingerprint density at radius 1 is 1.07 bits per heavy atom. The first-order valence-corrected chi connectivity index (χ1v) is 8.61. The Hall–Kier alpha value is -3.49. The number of methoxy groups -OCH3 is 1. The van der Waals surface area contributed by atoms with Gasteiger partial charge in [0.1, 0.15) is 17.0 Å². The quantitative estimate of drug-likeness (QED) is 0.567. The van der Waals surface area contributed by atoms with Crippen LogP contribution in [0.2, 0.25) is 0 Å². The van der Waals surface area contributed by atoms with Gasteiger partial charge in [0.15, 0.2) is 5.78 Å². The molecule has 0 saturated carbocycles. The SMILES string of the molecule is COc1ccc(C(=O)CN2C(=O)N[C@](C)(c3ccc(OC(F)F)cc3)C2=O)cc1. The number of halogens is 2. The lowest BCUT2D eigenvalue weighted by molar-refractivity contribution is -0.130. The predicted molar refractivity (Wildman–Crippen MR) is 98.0 cm³/mol. The first-order valence-electron chi connectivity index (χ1n) is 8.61. The van der Waals surface area contributed by atoms with Crippen LogP contribution in [0.5, 0.6) is 11.5 Å². The van der Waals surface area contributed by atoms with Crippen LogP contribution in [0.3, 0.4) is 0 Å². The second kappa shape index (κ2) is 7.86. The van der Waals surface area contributed by atoms with Crippen LogP contribution in [-0.2, 0) is 10.3 Å². The number of rotatable bonds is 7. The molecule has 29 heavy (non-hydrogen) atoms. The molecule has 1 fully saturated rings. The van der Waals surface area contributed by atoms with Crippen LogP contribution in [0.4, 0.5) is 13.6 Å². The van der Waals surface area contributed by atoms with Crippen LogP contribution in [0.1, 0.15) is 22.8 Å². The topological polar surface area (TPSA) is 84.9 Å². The first kappa shape index (κ1) is 20.2. The van der Waals surface area contributed by atoms with E-state index in [2.05, 4.69) is 10.1 Å². The molecule has 9 heteroatoms. The van der Waals surface area contributed by atoms with Crippen molar-refractivity contribution in [2.75, 3.05) is 13.7 Å². The van der Waals surface area contributed by atoms with Crippen molar-refractivity contribution in [3.63, 3.8) is 0 Å². The van der Waals surface area contributed by atoms with Gasteiger partial charge in [-0.1, -0.05) is 12.1 Å². The number of nitrogens with zero attached hydrogens (tertiary/aromatic N) is 1. The Balaban J connectivity index is 1.76. The summed E-state index contributed by atoms with van der Waals surface area (Å²) in [5.74, 6) is -0.535. The summed E-state index contributed by atoms with van der Waals surface area (Å²) >= 11 is 0. The summed E-state index contributed by atoms with van der Waals surface area (Å²) in [7, 11) is 1.50. The number of alkyl halides is 2. The van der Waals surface area contributed by atoms with Gasteiger partial charge in [0.05, 0.1) is 13.7 Å². The van der Waals surface area contributed by atoms with E-state index in [1.807, 2.05) is 0 Å². The number of benzene rings is 2. The first-order chi connectivity index (χ1) is 13.7. The highest BCUT2D eigenvalue weighted by atomic mass is 19.3. The van der Waals surface area contributed by atoms with Gasteiger partial charge in [-0.05, 0) is 48.9 Å². The summed E-state index contributed by atoms with van der Waals surface area (Å²) < 4.78 is 33.9. The number of hydrogen-bond acceptors (Lipinski definition) is 5. The number of urea groups is 1. The molecule has 2 aromatic rings. The van der Waals surface area contributed by atoms with Crippen molar-refractivity contribution < 1.29 is 32.6 Å². The Morgan fingerprint density at radius 3 is 2.21 bits per heavy atom. The Bertz CT molecular complexity index is 931. The normalized spacial score (nSPS) is 18.7. The molecule has 2 aromatic carbocycles. The standard InChI is InChI=1S/C20H18F2N2O5/c1-20(13-5-9-15(10-6-13)29-18(21)22)17(26)24(19(27)23-20)11-16(25)12-3-7-14(28-2)8-4-12/h3-10,18H,11H2,1-2H3,(H,23,27)/t20-/m1/s1. The summed E-state index contributed by atoms with van der Waals surface area (Å²) in [6.07, 6.45) is 0. The van der Waals surface area contributed by atoms with E-state index in [-0.39, 0.29) is 5.75 Å². The largest absolute Gasteiger partial charge is 0.497 e. The van der Waals surface area contributed by atoms with Crippen LogP contribution in [0.15, 0.2) is 48.5 Å². The van der Waals surface area contributed by atoms with E-state index < -0.39 is 36.4 Å². The number of carbonyl (C=O) groups excluding carboxylic acids is 3. The predicted octanol–water partition coefficient (Wildman–Crippen LogP) is 2.95. The van der Waals surface area contributed by atoms with Gasteiger partial charge in [-0.3, -0.25) is 14.5 Å². The zero-order valence-electron chi connectivity index (χ0n) is 15.6. The molecular weight excluding hydrogens is 386 g/mol. The zero-order chi connectivity index (χ0) is 21.2. The molecule has 1 heterocycles. The molecule has 1 N–H and O–H groups in total. The van der Waals surface area contributed by atoms with Gasteiger partial charge >= 0.3 is 12.6 Å². The lowest BCUT2D eigenvalue weighted by Crippen LogP contribution is -2.41. The number of imide groups is 1. The number of hydrogen-bond donors (Lipinski definition) is 1. The van der Waals surface area contributed by atoms with Crippen LogP contribution >= 0.6 is 0 Å². The molecule has 7 nitrogen and oxygen atoms in total. The smallest absolute Gasteiger partial charge is 0.387 e. The molecule has 0 bridgehead atoms. The minimum Gasteiger partial charge on any atom is -0.497 e. The fourth-order valence-electron chi connectivity index (χ4n) is 3.02. The molecule has 0 spiro atoms. The van der Waals surface area contributed by atoms with Crippen molar-refractivity contribution in [1.82, 2.24) is 10.2 Å². The summed E-state index contributed by atoms with van der Waals surface area (Å²) in [4.78, 5) is 38.6. The van der Waals surface area contributed by atoms with Crippen LogP contribution < -0.4 is 14.8 Å². The third-order valence-corrected chi connectivity index (χ3v) is 4.65. The second-order valence-corrected chi connectivity index (χ2v) is 6.50. The third kappa shape index (κ3) is 4.03. The van der Waals surface area contributed by atoms with E-state index in [4.69, 9.17) is 4.74 Å². The van der Waals surface area contributed by atoms with E-state index in [1.54, 1.807) is 24.3 Å². The number of ether oxygens (including phenoxy) is 2. The maximum absolute atomic E-state index is 12.9. The molecule has 0 radical (unpaired) electrons. The van der Waals surface area contributed by atoms with Gasteiger partial charge in [0.2, 0.25) is 0 Å². The van der Waals surface area contributed by atoms with Crippen molar-refractivity contribution in [2.24, 2.45) is 0 Å². The second-order valence-electron chi connectivity index (χ2n) is 6.50. The third-order valence-electron chi connectivity index (χ3n) is 4.65. The lowest BCUT2D eigenvalue weighted by atomic mass is 9.92. The minimum absolute atomic E-state index is 0.0735. The average Bonchev–Trinajstić information content (AvgIpc) is 2.92. The summed E-state index contributed by atoms with van der Waals surface area (Å²) in [6.45, 7) is -1.92. The highest BCUT2D eigenvalue weighted by Crippen LogP contribution is 2.30. The summed E-state index contributed by atoms with van der Waals surface area (Å²) in [5, 5.41) is 2.56. The van der Waals surface area contributed by atoms with Crippen LogP contribution in [-0.4, -0.2) is 42.9 Å². The monoisotopic (exact) mass is 404 g/mol. The van der Waals surface area contributed by atoms with E-state index in [9.17, 15) is 23.2 Å². The fraction of sp³-hybridized carbons (Fsp3) is 0.250. The van der Waals surface area contributed by atoms with Gasteiger partial charge < -0.3 is 14.8 Å². The minimum atomic E-state index is -2.97. The maximum atomic E-state index is 12.9. The van der Waals surface area contributed by atoms with Gasteiger partial charge in [0, 0.05) is 5.56 Å². The summed E-state index contributed by atoms with van der Waals surface area (Å²) in [5.41, 5.74) is -0.731. The summed E-state index contributed by atoms with van der Waals surface area (Å²) in [6, 6.07) is 10.9. The fourth-order valence-corrected chi connectivity index (χ4v) is 3.02. The maximum Gasteiger partial charge on any atom is 0.387 e. The molecule has 1 aliphatic heterocycles. The molecule has 0 unspecified atom stereocenters.